The molecule has 1 saturated carbocycles. The fourth-order valence-electron chi connectivity index (χ4n) is 9.24. The molecule has 0 radical (unpaired) electrons. The van der Waals surface area contributed by atoms with Crippen LogP contribution in [-0.2, 0) is 14.4 Å². The Morgan fingerprint density at radius 2 is 1.63 bits per heavy atom. The highest BCUT2D eigenvalue weighted by Gasteiger charge is 2.52. The highest BCUT2D eigenvalue weighted by molar-refractivity contribution is 5.93. The van der Waals surface area contributed by atoms with Crippen molar-refractivity contribution in [3.05, 3.63) is 58.7 Å². The molecule has 4 aliphatic carbocycles. The first-order valence-corrected chi connectivity index (χ1v) is 19.4. The van der Waals surface area contributed by atoms with Crippen molar-refractivity contribution in [3.63, 3.8) is 0 Å². The fraction of sp³-hybridized carbons (Fsp3) is 0.683. The number of hydrogen-bond acceptors (Lipinski definition) is 4. The molecule has 1 aliphatic heterocycles. The molecular weight excluding hydrogens is 653 g/mol. The Hall–Kier alpha value is -3.14. The number of allylic oxidation sites excluding steroid dienone is 6. The van der Waals surface area contributed by atoms with Crippen molar-refractivity contribution in [2.75, 3.05) is 26.2 Å². The molecule has 3 N–H and O–H groups in total. The molecule has 7 nitrogen and oxygen atoms in total. The number of hydrogen-bond donors (Lipinski definition) is 3. The Balaban J connectivity index is 1.15. The summed E-state index contributed by atoms with van der Waals surface area (Å²) in [6, 6.07) is 0.0568. The molecular formula is C41H59F3N4O3. The zero-order chi connectivity index (χ0) is 36.8. The number of nitrogens with zero attached hydrogens (tertiary/aromatic N) is 1. The lowest BCUT2D eigenvalue weighted by atomic mass is 9.67. The Morgan fingerprint density at radius 1 is 0.941 bits per heavy atom. The SMILES string of the molecule is CC1=C(CC(C)C)C2=C(C(C)CC=C2)C1(CCCCN1CCC(NC(=O)[C@H]2CCCC[C@H]2C(=O)NC2C=CC=CC2)CC1)C(=O)NCC(F)(F)F. The predicted molar refractivity (Wildman–Crippen MR) is 195 cm³/mol. The van der Waals surface area contributed by atoms with Crippen molar-refractivity contribution in [2.45, 2.75) is 123 Å². The standard InChI is InChI=1S/C41H59F3N4O3/c1-27(2)25-35-29(4)40(39(51)45-26-41(42,43)44,36-28(3)13-12-18-32(35)36)21-10-11-22-48-23-19-31(20-24-48)47-38(50)34-17-9-8-16-33(34)37(49)46-30-14-6-5-7-15-30/h5-7,12,14,18,27-28,30-31,33-34H,8-11,13,15-17,19-26H2,1-4H3,(H,45,51)(H,46,49)(H,47,50)/t28?,30?,33-,34+,40?/m1/s1. The van der Waals surface area contributed by atoms with Gasteiger partial charge in [0.1, 0.15) is 6.54 Å². The van der Waals surface area contributed by atoms with Gasteiger partial charge in [0.25, 0.3) is 0 Å². The van der Waals surface area contributed by atoms with E-state index < -0.39 is 24.0 Å². The van der Waals surface area contributed by atoms with Gasteiger partial charge in [-0.25, -0.2) is 0 Å². The largest absolute Gasteiger partial charge is 0.405 e. The van der Waals surface area contributed by atoms with E-state index in [0.717, 1.165) is 106 Å². The number of nitrogens with one attached hydrogen (secondary N) is 3. The third-order valence-corrected chi connectivity index (χ3v) is 11.8. The molecule has 2 fully saturated rings. The third kappa shape index (κ3) is 9.46. The van der Waals surface area contributed by atoms with E-state index in [0.29, 0.717) is 18.8 Å². The lowest BCUT2D eigenvalue weighted by Gasteiger charge is -2.38. The molecule has 282 valence electrons. The lowest BCUT2D eigenvalue weighted by Crippen LogP contribution is -2.50. The van der Waals surface area contributed by atoms with E-state index in [1.165, 1.54) is 0 Å². The third-order valence-electron chi connectivity index (χ3n) is 11.8. The molecule has 3 amide bonds. The van der Waals surface area contributed by atoms with Gasteiger partial charge in [-0.2, -0.15) is 13.2 Å². The number of amides is 3. The summed E-state index contributed by atoms with van der Waals surface area (Å²) in [6.07, 6.45) is 17.1. The van der Waals surface area contributed by atoms with Crippen LogP contribution in [0.2, 0.25) is 0 Å². The van der Waals surface area contributed by atoms with Gasteiger partial charge >= 0.3 is 6.18 Å². The number of alkyl halides is 3. The number of halogens is 3. The minimum absolute atomic E-state index is 0.00114. The summed E-state index contributed by atoms with van der Waals surface area (Å²) >= 11 is 0. The molecule has 1 heterocycles. The van der Waals surface area contributed by atoms with E-state index in [-0.39, 0.29) is 41.7 Å². The van der Waals surface area contributed by atoms with Gasteiger partial charge < -0.3 is 20.9 Å². The molecule has 0 aromatic carbocycles. The maximum absolute atomic E-state index is 14.0. The molecule has 3 unspecified atom stereocenters. The van der Waals surface area contributed by atoms with Crippen LogP contribution in [0.5, 0.6) is 0 Å². The molecule has 1 saturated heterocycles. The van der Waals surface area contributed by atoms with Gasteiger partial charge in [0.05, 0.1) is 11.5 Å². The Kier molecular flexibility index (Phi) is 13.1. The van der Waals surface area contributed by atoms with Gasteiger partial charge in [-0.1, -0.05) is 76.5 Å². The highest BCUT2D eigenvalue weighted by atomic mass is 19.4. The fourth-order valence-corrected chi connectivity index (χ4v) is 9.24. The first kappa shape index (κ1) is 39.1. The summed E-state index contributed by atoms with van der Waals surface area (Å²) in [5.74, 6) is -0.720. The van der Waals surface area contributed by atoms with E-state index in [4.69, 9.17) is 0 Å². The zero-order valence-corrected chi connectivity index (χ0v) is 31.0. The monoisotopic (exact) mass is 712 g/mol. The number of rotatable bonds is 13. The summed E-state index contributed by atoms with van der Waals surface area (Å²) in [5, 5.41) is 8.71. The molecule has 5 aliphatic rings. The van der Waals surface area contributed by atoms with Crippen molar-refractivity contribution >= 4 is 17.7 Å². The van der Waals surface area contributed by atoms with Crippen molar-refractivity contribution in [2.24, 2.45) is 29.1 Å². The lowest BCUT2D eigenvalue weighted by molar-refractivity contribution is -0.142. The Bertz CT molecular complexity index is 1440. The van der Waals surface area contributed by atoms with Crippen LogP contribution in [0.3, 0.4) is 0 Å². The number of carbonyl (C=O) groups is 3. The molecule has 0 bridgehead atoms. The molecule has 0 aromatic heterocycles. The normalized spacial score (nSPS) is 28.7. The molecule has 10 heteroatoms. The van der Waals surface area contributed by atoms with Gasteiger partial charge in [0.15, 0.2) is 0 Å². The minimum atomic E-state index is -4.48. The Labute approximate surface area is 302 Å². The van der Waals surface area contributed by atoms with Gasteiger partial charge in [0, 0.05) is 31.0 Å². The molecule has 0 aromatic rings. The first-order chi connectivity index (χ1) is 24.3. The van der Waals surface area contributed by atoms with Crippen LogP contribution in [0.15, 0.2) is 58.7 Å². The first-order valence-electron chi connectivity index (χ1n) is 19.4. The summed E-state index contributed by atoms with van der Waals surface area (Å²) in [5.41, 5.74) is 3.02. The minimum Gasteiger partial charge on any atom is -0.353 e. The molecule has 51 heavy (non-hydrogen) atoms. The van der Waals surface area contributed by atoms with Crippen LogP contribution in [0.1, 0.15) is 105 Å². The Morgan fingerprint density at radius 3 is 2.25 bits per heavy atom. The average Bonchev–Trinajstić information content (AvgIpc) is 3.34. The van der Waals surface area contributed by atoms with Gasteiger partial charge in [-0.05, 0) is 105 Å². The number of unbranched alkanes of at least 4 members (excludes halogenated alkanes) is 1. The van der Waals surface area contributed by atoms with Gasteiger partial charge in [-0.15, -0.1) is 0 Å². The summed E-state index contributed by atoms with van der Waals surface area (Å²) in [7, 11) is 0. The van der Waals surface area contributed by atoms with E-state index >= 15 is 0 Å². The van der Waals surface area contributed by atoms with Crippen molar-refractivity contribution in [1.82, 2.24) is 20.9 Å². The van der Waals surface area contributed by atoms with Crippen LogP contribution in [0.25, 0.3) is 0 Å². The van der Waals surface area contributed by atoms with E-state index in [9.17, 15) is 27.6 Å². The van der Waals surface area contributed by atoms with Crippen LogP contribution in [0, 0.1) is 29.1 Å². The zero-order valence-electron chi connectivity index (χ0n) is 31.0. The second-order valence-corrected chi connectivity index (χ2v) is 16.0. The predicted octanol–water partition coefficient (Wildman–Crippen LogP) is 7.48. The maximum Gasteiger partial charge on any atom is 0.405 e. The topological polar surface area (TPSA) is 90.5 Å². The molecule has 0 spiro atoms. The number of piperidine rings is 1. The highest BCUT2D eigenvalue weighted by Crippen LogP contribution is 2.56. The second-order valence-electron chi connectivity index (χ2n) is 16.0. The van der Waals surface area contributed by atoms with Gasteiger partial charge in [-0.3, -0.25) is 14.4 Å². The molecule has 5 atom stereocenters. The van der Waals surface area contributed by atoms with Crippen LogP contribution >= 0.6 is 0 Å². The number of carbonyl (C=O) groups excluding carboxylic acids is 3. The molecule has 5 rings (SSSR count). The number of likely N-dealkylation sites (tertiary alicyclic amines) is 1. The van der Waals surface area contributed by atoms with E-state index in [1.807, 2.05) is 31.2 Å². The van der Waals surface area contributed by atoms with Crippen LogP contribution in [0.4, 0.5) is 13.2 Å². The summed E-state index contributed by atoms with van der Waals surface area (Å²) < 4.78 is 40.0. The van der Waals surface area contributed by atoms with Crippen LogP contribution < -0.4 is 16.0 Å². The van der Waals surface area contributed by atoms with E-state index in [2.05, 4.69) is 53.8 Å². The van der Waals surface area contributed by atoms with Gasteiger partial charge in [0.2, 0.25) is 17.7 Å². The quantitative estimate of drug-likeness (QED) is 0.173. The average molecular weight is 713 g/mol. The maximum atomic E-state index is 14.0. The smallest absolute Gasteiger partial charge is 0.353 e. The van der Waals surface area contributed by atoms with Crippen LogP contribution in [-0.4, -0.2) is 67.1 Å². The van der Waals surface area contributed by atoms with Crippen molar-refractivity contribution < 1.29 is 27.6 Å². The summed E-state index contributed by atoms with van der Waals surface area (Å²) in [4.78, 5) is 43.0. The summed E-state index contributed by atoms with van der Waals surface area (Å²) in [6.45, 7) is 9.51. The van der Waals surface area contributed by atoms with Crippen molar-refractivity contribution in [1.29, 1.82) is 0 Å². The van der Waals surface area contributed by atoms with Crippen molar-refractivity contribution in [3.8, 4) is 0 Å². The van der Waals surface area contributed by atoms with E-state index in [1.54, 1.807) is 0 Å². The second kappa shape index (κ2) is 17.1.